The molecule has 0 saturated carbocycles. The summed E-state index contributed by atoms with van der Waals surface area (Å²) >= 11 is 0. The molecule has 1 saturated heterocycles. The van der Waals surface area contributed by atoms with Gasteiger partial charge in [0.1, 0.15) is 11.6 Å². The summed E-state index contributed by atoms with van der Waals surface area (Å²) in [6, 6.07) is 4.25. The number of nitro groups is 1. The van der Waals surface area contributed by atoms with Crippen LogP contribution in [0.15, 0.2) is 29.1 Å². The number of primary amides is 1. The molecule has 2 heterocycles. The normalized spacial score (nSPS) is 14.2. The van der Waals surface area contributed by atoms with Crippen molar-refractivity contribution in [3.63, 3.8) is 0 Å². The molecule has 1 aliphatic rings. The van der Waals surface area contributed by atoms with E-state index < -0.39 is 27.9 Å². The van der Waals surface area contributed by atoms with Crippen LogP contribution in [0.5, 0.6) is 0 Å². The van der Waals surface area contributed by atoms with Crippen LogP contribution in [0.25, 0.3) is 5.69 Å². The molecule has 1 fully saturated rings. The molecule has 0 spiro atoms. The quantitative estimate of drug-likeness (QED) is 0.579. The van der Waals surface area contributed by atoms with Crippen molar-refractivity contribution in [2.24, 2.45) is 5.73 Å². The molecular formula is C16H16FN5O5. The number of nitrogens with two attached hydrogens (primary N) is 1. The Morgan fingerprint density at radius 3 is 2.67 bits per heavy atom. The van der Waals surface area contributed by atoms with Gasteiger partial charge < -0.3 is 15.4 Å². The topological polar surface area (TPSA) is 134 Å². The fraction of sp³-hybridized carbons (Fsp3) is 0.312. The van der Waals surface area contributed by atoms with Crippen LogP contribution in [0.1, 0.15) is 5.82 Å². The largest absolute Gasteiger partial charge is 0.378 e. The number of nitro benzene ring substituents is 1. The predicted octanol–water partition coefficient (Wildman–Crippen LogP) is 0.144. The fourth-order valence-electron chi connectivity index (χ4n) is 2.80. The smallest absolute Gasteiger partial charge is 0.306 e. The van der Waals surface area contributed by atoms with Crippen molar-refractivity contribution in [3.8, 4) is 5.69 Å². The number of amides is 1. The van der Waals surface area contributed by atoms with Gasteiger partial charge in [0.25, 0.3) is 5.56 Å². The van der Waals surface area contributed by atoms with E-state index in [-0.39, 0.29) is 17.9 Å². The molecule has 0 atom stereocenters. The Hall–Kier alpha value is -3.34. The molecular weight excluding hydrogens is 361 g/mol. The third-order valence-electron chi connectivity index (χ3n) is 4.03. The highest BCUT2D eigenvalue weighted by molar-refractivity contribution is 5.76. The van der Waals surface area contributed by atoms with Gasteiger partial charge in [-0.15, -0.1) is 0 Å². The molecule has 10 nitrogen and oxygen atoms in total. The molecule has 2 aromatic rings. The second-order valence-corrected chi connectivity index (χ2v) is 5.84. The lowest BCUT2D eigenvalue weighted by Gasteiger charge is -2.28. The Balaban J connectivity index is 2.14. The second-order valence-electron chi connectivity index (χ2n) is 5.84. The first-order valence-corrected chi connectivity index (χ1v) is 8.05. The number of ether oxygens (including phenoxy) is 1. The van der Waals surface area contributed by atoms with E-state index in [1.807, 2.05) is 4.90 Å². The maximum atomic E-state index is 13.6. The molecule has 1 amide bonds. The number of aromatic nitrogens is 2. The Bertz CT molecular complexity index is 955. The average molecular weight is 377 g/mol. The monoisotopic (exact) mass is 377 g/mol. The minimum Gasteiger partial charge on any atom is -0.378 e. The van der Waals surface area contributed by atoms with E-state index in [9.17, 15) is 24.1 Å². The molecule has 2 N–H and O–H groups in total. The summed E-state index contributed by atoms with van der Waals surface area (Å²) in [7, 11) is 0. The van der Waals surface area contributed by atoms with Crippen LogP contribution in [0.4, 0.5) is 15.9 Å². The maximum Gasteiger partial charge on any atom is 0.306 e. The van der Waals surface area contributed by atoms with Crippen molar-refractivity contribution in [2.75, 3.05) is 31.2 Å². The Kier molecular flexibility index (Phi) is 5.12. The number of carbonyl (C=O) groups excluding carboxylic acids is 1. The Labute approximate surface area is 152 Å². The molecule has 11 heteroatoms. The SMILES string of the molecule is NC(=O)Cc1nc(N2CCOCC2)cc(=O)n1-c1ccc(F)c([N+](=O)[O-])c1. The molecule has 27 heavy (non-hydrogen) atoms. The molecule has 1 aromatic carbocycles. The molecule has 3 rings (SSSR count). The number of rotatable bonds is 5. The number of hydrogen-bond acceptors (Lipinski definition) is 7. The van der Waals surface area contributed by atoms with E-state index in [4.69, 9.17) is 10.5 Å². The first-order chi connectivity index (χ1) is 12.9. The van der Waals surface area contributed by atoms with E-state index in [1.54, 1.807) is 0 Å². The maximum absolute atomic E-state index is 13.6. The number of morpholine rings is 1. The highest BCUT2D eigenvalue weighted by Gasteiger charge is 2.21. The molecule has 0 aliphatic carbocycles. The fourth-order valence-corrected chi connectivity index (χ4v) is 2.80. The van der Waals surface area contributed by atoms with Crippen molar-refractivity contribution in [1.29, 1.82) is 0 Å². The van der Waals surface area contributed by atoms with E-state index in [2.05, 4.69) is 4.98 Å². The van der Waals surface area contributed by atoms with Crippen molar-refractivity contribution in [1.82, 2.24) is 9.55 Å². The van der Waals surface area contributed by atoms with Crippen molar-refractivity contribution >= 4 is 17.4 Å². The zero-order valence-electron chi connectivity index (χ0n) is 14.1. The summed E-state index contributed by atoms with van der Waals surface area (Å²) in [5, 5.41) is 11.0. The van der Waals surface area contributed by atoms with Crippen molar-refractivity contribution in [3.05, 3.63) is 56.4 Å². The number of hydrogen-bond donors (Lipinski definition) is 1. The third kappa shape index (κ3) is 3.92. The summed E-state index contributed by atoms with van der Waals surface area (Å²) in [6.07, 6.45) is -0.363. The second kappa shape index (κ2) is 7.50. The van der Waals surface area contributed by atoms with Crippen LogP contribution in [-0.2, 0) is 16.0 Å². The number of carbonyl (C=O) groups is 1. The minimum absolute atomic E-state index is 0.0115. The summed E-state index contributed by atoms with van der Waals surface area (Å²) in [5.41, 5.74) is 3.92. The van der Waals surface area contributed by atoms with Gasteiger partial charge in [-0.05, 0) is 12.1 Å². The van der Waals surface area contributed by atoms with Gasteiger partial charge in [0, 0.05) is 25.2 Å². The van der Waals surface area contributed by atoms with Gasteiger partial charge in [-0.25, -0.2) is 4.98 Å². The first kappa shape index (κ1) is 18.5. The van der Waals surface area contributed by atoms with Crippen LogP contribution in [0, 0.1) is 15.9 Å². The number of nitrogens with zero attached hydrogens (tertiary/aromatic N) is 4. The molecule has 1 aromatic heterocycles. The predicted molar refractivity (Wildman–Crippen MR) is 92.4 cm³/mol. The van der Waals surface area contributed by atoms with E-state index >= 15 is 0 Å². The van der Waals surface area contributed by atoms with Crippen LogP contribution in [-0.4, -0.2) is 46.7 Å². The van der Waals surface area contributed by atoms with Crippen LogP contribution < -0.4 is 16.2 Å². The molecule has 1 aliphatic heterocycles. The van der Waals surface area contributed by atoms with Gasteiger partial charge in [0.05, 0.1) is 30.2 Å². The van der Waals surface area contributed by atoms with Crippen LogP contribution >= 0.6 is 0 Å². The zero-order valence-corrected chi connectivity index (χ0v) is 14.1. The highest BCUT2D eigenvalue weighted by atomic mass is 19.1. The molecule has 0 unspecified atom stereocenters. The molecule has 142 valence electrons. The summed E-state index contributed by atoms with van der Waals surface area (Å²) < 4.78 is 19.9. The highest BCUT2D eigenvalue weighted by Crippen LogP contribution is 2.22. The molecule has 0 radical (unpaired) electrons. The lowest BCUT2D eigenvalue weighted by atomic mass is 10.2. The Morgan fingerprint density at radius 2 is 2.04 bits per heavy atom. The third-order valence-corrected chi connectivity index (χ3v) is 4.03. The van der Waals surface area contributed by atoms with E-state index in [1.165, 1.54) is 12.1 Å². The van der Waals surface area contributed by atoms with Gasteiger partial charge in [-0.3, -0.25) is 24.3 Å². The van der Waals surface area contributed by atoms with Crippen molar-refractivity contribution < 1.29 is 18.8 Å². The minimum atomic E-state index is -1.04. The van der Waals surface area contributed by atoms with Gasteiger partial charge in [-0.2, -0.15) is 4.39 Å². The number of halogens is 1. The van der Waals surface area contributed by atoms with Crippen LogP contribution in [0.3, 0.4) is 0 Å². The van der Waals surface area contributed by atoms with Gasteiger partial charge in [0.15, 0.2) is 0 Å². The average Bonchev–Trinajstić information content (AvgIpc) is 2.62. The van der Waals surface area contributed by atoms with Crippen LogP contribution in [0.2, 0.25) is 0 Å². The Morgan fingerprint density at radius 1 is 1.33 bits per heavy atom. The standard InChI is InChI=1S/C16H16FN5O5/c17-11-2-1-10(7-12(11)22(25)26)21-15(8-13(18)23)19-14(9-16(21)24)20-3-5-27-6-4-20/h1-2,7,9H,3-6,8H2,(H2,18,23). The van der Waals surface area contributed by atoms with Gasteiger partial charge >= 0.3 is 5.69 Å². The molecule has 0 bridgehead atoms. The summed E-state index contributed by atoms with van der Waals surface area (Å²) in [4.78, 5) is 40.4. The summed E-state index contributed by atoms with van der Waals surface area (Å²) in [6.45, 7) is 1.99. The number of anilines is 1. The first-order valence-electron chi connectivity index (χ1n) is 8.05. The number of benzene rings is 1. The van der Waals surface area contributed by atoms with Gasteiger partial charge in [0.2, 0.25) is 11.7 Å². The lowest BCUT2D eigenvalue weighted by Crippen LogP contribution is -2.38. The summed E-state index contributed by atoms with van der Waals surface area (Å²) in [5.74, 6) is -1.40. The lowest BCUT2D eigenvalue weighted by molar-refractivity contribution is -0.387. The zero-order chi connectivity index (χ0) is 19.6. The van der Waals surface area contributed by atoms with E-state index in [0.29, 0.717) is 32.1 Å². The van der Waals surface area contributed by atoms with Gasteiger partial charge in [-0.1, -0.05) is 0 Å². The van der Waals surface area contributed by atoms with Crippen molar-refractivity contribution in [2.45, 2.75) is 6.42 Å². The van der Waals surface area contributed by atoms with E-state index in [0.717, 1.165) is 16.7 Å².